The molecule has 2 aliphatic rings. The second-order valence-corrected chi connectivity index (χ2v) is 8.26. The fourth-order valence-corrected chi connectivity index (χ4v) is 4.71. The van der Waals surface area contributed by atoms with Crippen molar-refractivity contribution in [3.8, 4) is 11.1 Å². The molecule has 2 aromatic carbocycles. The van der Waals surface area contributed by atoms with Crippen molar-refractivity contribution in [2.75, 3.05) is 18.5 Å². The Morgan fingerprint density at radius 1 is 1.03 bits per heavy atom. The lowest BCUT2D eigenvalue weighted by Gasteiger charge is -2.32. The van der Waals surface area contributed by atoms with E-state index < -0.39 is 24.0 Å². The molecule has 1 aliphatic heterocycles. The molecule has 0 spiro atoms. The lowest BCUT2D eigenvalue weighted by molar-refractivity contribution is -0.143. The van der Waals surface area contributed by atoms with Gasteiger partial charge in [-0.3, -0.25) is 10.1 Å². The number of hydrogen-bond acceptors (Lipinski definition) is 7. The van der Waals surface area contributed by atoms with E-state index in [9.17, 15) is 19.5 Å². The van der Waals surface area contributed by atoms with Gasteiger partial charge in [-0.1, -0.05) is 48.5 Å². The van der Waals surface area contributed by atoms with Crippen molar-refractivity contribution >= 4 is 23.8 Å². The number of amides is 2. The molecule has 5 rings (SSSR count). The van der Waals surface area contributed by atoms with Crippen LogP contribution in [0.15, 0.2) is 53.2 Å². The van der Waals surface area contributed by atoms with Gasteiger partial charge in [0.25, 0.3) is 5.91 Å². The van der Waals surface area contributed by atoms with E-state index in [1.54, 1.807) is 0 Å². The van der Waals surface area contributed by atoms with Crippen LogP contribution in [0.4, 0.5) is 10.6 Å². The Hall–Kier alpha value is -4.21. The number of carboxylic acid groups (broad SMARTS) is 1. The van der Waals surface area contributed by atoms with Gasteiger partial charge in [-0.2, -0.15) is 0 Å². The van der Waals surface area contributed by atoms with E-state index in [1.807, 2.05) is 48.5 Å². The molecule has 1 aromatic heterocycles. The number of fused-ring (bicyclic) bond motifs is 3. The predicted octanol–water partition coefficient (Wildman–Crippen LogP) is 3.51. The summed E-state index contributed by atoms with van der Waals surface area (Å²) in [5.74, 6) is -2.09. The first kappa shape index (κ1) is 21.6. The molecule has 1 saturated heterocycles. The lowest BCUT2D eigenvalue weighted by Crippen LogP contribution is -2.48. The zero-order chi connectivity index (χ0) is 23.7. The van der Waals surface area contributed by atoms with Gasteiger partial charge in [-0.15, -0.1) is 0 Å². The maximum Gasteiger partial charge on any atom is 0.412 e. The predicted molar refractivity (Wildman–Crippen MR) is 119 cm³/mol. The molecule has 2 heterocycles. The number of carbonyl (C=O) groups is 3. The van der Waals surface area contributed by atoms with Crippen LogP contribution >= 0.6 is 0 Å². The molecule has 2 N–H and O–H groups in total. The molecular weight excluding hydrogens is 440 g/mol. The Morgan fingerprint density at radius 3 is 2.38 bits per heavy atom. The number of nitrogens with one attached hydrogen (secondary N) is 1. The molecule has 1 aliphatic carbocycles. The minimum absolute atomic E-state index is 0.0850. The van der Waals surface area contributed by atoms with E-state index in [-0.39, 0.29) is 30.6 Å². The van der Waals surface area contributed by atoms with Crippen molar-refractivity contribution in [1.29, 1.82) is 0 Å². The van der Waals surface area contributed by atoms with Crippen molar-refractivity contribution in [3.63, 3.8) is 0 Å². The van der Waals surface area contributed by atoms with Crippen molar-refractivity contribution in [1.82, 2.24) is 15.2 Å². The molecule has 2 amide bonds. The van der Waals surface area contributed by atoms with Gasteiger partial charge < -0.3 is 14.7 Å². The van der Waals surface area contributed by atoms with Crippen LogP contribution in [-0.2, 0) is 9.53 Å². The van der Waals surface area contributed by atoms with Gasteiger partial charge in [0, 0.05) is 12.5 Å². The largest absolute Gasteiger partial charge is 0.480 e. The molecule has 174 valence electrons. The molecule has 0 saturated carbocycles. The fourth-order valence-electron chi connectivity index (χ4n) is 4.71. The Morgan fingerprint density at radius 2 is 1.71 bits per heavy atom. The average Bonchev–Trinajstić information content (AvgIpc) is 3.44. The molecule has 0 radical (unpaired) electrons. The second-order valence-electron chi connectivity index (χ2n) is 8.26. The quantitative estimate of drug-likeness (QED) is 0.588. The van der Waals surface area contributed by atoms with Crippen LogP contribution in [0.3, 0.4) is 0 Å². The minimum Gasteiger partial charge on any atom is -0.480 e. The normalized spacial score (nSPS) is 17.1. The standard InChI is InChI=1S/C24H22N4O6/c29-22(28-12-6-5-11-19(28)23(30)31)20-21(27-34-26-20)25-24(32)33-13-18-16-9-3-1-7-14(16)15-8-2-4-10-17(15)18/h1-4,7-10,18-19H,5-6,11-13H2,(H,30,31)(H,25,27,32)/t19-/m1/s1. The van der Waals surface area contributed by atoms with Gasteiger partial charge in [0.2, 0.25) is 11.5 Å². The number of carbonyl (C=O) groups excluding carboxylic acids is 2. The summed E-state index contributed by atoms with van der Waals surface area (Å²) in [7, 11) is 0. The third kappa shape index (κ3) is 3.87. The number of anilines is 1. The number of benzene rings is 2. The highest BCUT2D eigenvalue weighted by Crippen LogP contribution is 2.44. The first-order valence-corrected chi connectivity index (χ1v) is 11.0. The molecule has 0 unspecified atom stereocenters. The number of carboxylic acids is 1. The summed E-state index contributed by atoms with van der Waals surface area (Å²) in [6, 6.07) is 15.0. The molecule has 10 heteroatoms. The molecule has 1 atom stereocenters. The maximum absolute atomic E-state index is 12.9. The average molecular weight is 462 g/mol. The molecule has 34 heavy (non-hydrogen) atoms. The van der Waals surface area contributed by atoms with Crippen LogP contribution in [0.1, 0.15) is 46.8 Å². The first-order valence-electron chi connectivity index (χ1n) is 11.0. The Bertz CT molecular complexity index is 1210. The van der Waals surface area contributed by atoms with Crippen LogP contribution in [0.5, 0.6) is 0 Å². The summed E-state index contributed by atoms with van der Waals surface area (Å²) in [6.45, 7) is 0.356. The lowest BCUT2D eigenvalue weighted by atomic mass is 9.98. The van der Waals surface area contributed by atoms with E-state index >= 15 is 0 Å². The van der Waals surface area contributed by atoms with Crippen LogP contribution < -0.4 is 5.32 Å². The smallest absolute Gasteiger partial charge is 0.412 e. The van der Waals surface area contributed by atoms with Crippen molar-refractivity contribution in [2.24, 2.45) is 0 Å². The topological polar surface area (TPSA) is 135 Å². The number of piperidine rings is 1. The van der Waals surface area contributed by atoms with Crippen LogP contribution in [0.2, 0.25) is 0 Å². The number of aliphatic carboxylic acids is 1. The van der Waals surface area contributed by atoms with Gasteiger partial charge in [-0.25, -0.2) is 14.2 Å². The van der Waals surface area contributed by atoms with Crippen molar-refractivity contribution in [3.05, 3.63) is 65.4 Å². The third-order valence-electron chi connectivity index (χ3n) is 6.30. The minimum atomic E-state index is -1.09. The van der Waals surface area contributed by atoms with E-state index in [2.05, 4.69) is 20.3 Å². The van der Waals surface area contributed by atoms with Crippen LogP contribution in [0, 0.1) is 0 Å². The maximum atomic E-state index is 12.9. The number of ether oxygens (including phenoxy) is 1. The van der Waals surface area contributed by atoms with Crippen LogP contribution in [-0.4, -0.2) is 57.5 Å². The summed E-state index contributed by atoms with van der Waals surface area (Å²) in [5, 5.41) is 19.0. The Balaban J connectivity index is 1.28. The molecule has 10 nitrogen and oxygen atoms in total. The first-order chi connectivity index (χ1) is 16.5. The van der Waals surface area contributed by atoms with E-state index in [0.29, 0.717) is 19.3 Å². The van der Waals surface area contributed by atoms with E-state index in [4.69, 9.17) is 4.74 Å². The number of rotatable bonds is 5. The van der Waals surface area contributed by atoms with E-state index in [1.165, 1.54) is 4.90 Å². The molecule has 0 bridgehead atoms. The Labute approximate surface area is 194 Å². The van der Waals surface area contributed by atoms with Crippen molar-refractivity contribution < 1.29 is 28.9 Å². The van der Waals surface area contributed by atoms with Gasteiger partial charge >= 0.3 is 12.1 Å². The molecular formula is C24H22N4O6. The molecule has 1 fully saturated rings. The monoisotopic (exact) mass is 462 g/mol. The van der Waals surface area contributed by atoms with Crippen molar-refractivity contribution in [2.45, 2.75) is 31.2 Å². The van der Waals surface area contributed by atoms with Gasteiger partial charge in [0.1, 0.15) is 12.6 Å². The van der Waals surface area contributed by atoms with Gasteiger partial charge in [-0.05, 0) is 51.8 Å². The zero-order valence-electron chi connectivity index (χ0n) is 18.1. The number of likely N-dealkylation sites (tertiary alicyclic amines) is 1. The van der Waals surface area contributed by atoms with Gasteiger partial charge in [0.05, 0.1) is 0 Å². The summed E-state index contributed by atoms with van der Waals surface area (Å²) in [5.41, 5.74) is 4.09. The zero-order valence-corrected chi connectivity index (χ0v) is 18.1. The van der Waals surface area contributed by atoms with E-state index in [0.717, 1.165) is 22.3 Å². The molecule has 3 aromatic rings. The number of hydrogen-bond donors (Lipinski definition) is 2. The summed E-state index contributed by atoms with van der Waals surface area (Å²) >= 11 is 0. The third-order valence-corrected chi connectivity index (χ3v) is 6.30. The highest BCUT2D eigenvalue weighted by molar-refractivity contribution is 6.01. The highest BCUT2D eigenvalue weighted by atomic mass is 16.6. The number of nitrogens with zero attached hydrogens (tertiary/aromatic N) is 3. The SMILES string of the molecule is O=C(Nc1nonc1C(=O)N1CCCC[C@@H]1C(=O)O)OCC1c2ccccc2-c2ccccc21. The summed E-state index contributed by atoms with van der Waals surface area (Å²) < 4.78 is 10.1. The Kier molecular flexibility index (Phi) is 5.70. The summed E-state index contributed by atoms with van der Waals surface area (Å²) in [6.07, 6.45) is 0.917. The highest BCUT2D eigenvalue weighted by Gasteiger charge is 2.36. The fraction of sp³-hybridized carbons (Fsp3) is 0.292. The van der Waals surface area contributed by atoms with Crippen LogP contribution in [0.25, 0.3) is 11.1 Å². The second kappa shape index (κ2) is 8.97. The number of aromatic nitrogens is 2. The van der Waals surface area contributed by atoms with Gasteiger partial charge in [0.15, 0.2) is 0 Å². The summed E-state index contributed by atoms with van der Waals surface area (Å²) in [4.78, 5) is 38.2.